The largest absolute Gasteiger partial charge is 0.377 e. The summed E-state index contributed by atoms with van der Waals surface area (Å²) in [5.41, 5.74) is 2.04. The summed E-state index contributed by atoms with van der Waals surface area (Å²) >= 11 is 0. The van der Waals surface area contributed by atoms with Crippen molar-refractivity contribution >= 4 is 11.7 Å². The summed E-state index contributed by atoms with van der Waals surface area (Å²) in [6.45, 7) is 8.62. The van der Waals surface area contributed by atoms with Crippen LogP contribution in [0.15, 0.2) is 36.9 Å². The Hall–Kier alpha value is -1.81. The highest BCUT2D eigenvalue weighted by Crippen LogP contribution is 2.18. The molecule has 1 N–H and O–H groups in total. The Kier molecular flexibility index (Phi) is 5.81. The zero-order chi connectivity index (χ0) is 15.1. The second kappa shape index (κ2) is 7.84. The molecule has 1 aliphatic rings. The fourth-order valence-corrected chi connectivity index (χ4v) is 2.46. The van der Waals surface area contributed by atoms with Gasteiger partial charge in [0, 0.05) is 25.4 Å². The fraction of sp³-hybridized carbons (Fsp3) is 0.471. The van der Waals surface area contributed by atoms with E-state index >= 15 is 0 Å². The van der Waals surface area contributed by atoms with Gasteiger partial charge in [0.2, 0.25) is 0 Å². The van der Waals surface area contributed by atoms with Crippen LogP contribution in [0.4, 0.5) is 10.5 Å². The third-order valence-corrected chi connectivity index (χ3v) is 3.79. The maximum absolute atomic E-state index is 12.2. The topological polar surface area (TPSA) is 41.6 Å². The van der Waals surface area contributed by atoms with Gasteiger partial charge in [0.25, 0.3) is 0 Å². The summed E-state index contributed by atoms with van der Waals surface area (Å²) < 4.78 is 5.49. The molecule has 2 rings (SSSR count). The van der Waals surface area contributed by atoms with E-state index in [9.17, 15) is 4.79 Å². The van der Waals surface area contributed by atoms with E-state index < -0.39 is 0 Å². The number of amides is 2. The van der Waals surface area contributed by atoms with Crippen molar-refractivity contribution in [3.8, 4) is 0 Å². The molecule has 0 radical (unpaired) electrons. The molecule has 0 bridgehead atoms. The van der Waals surface area contributed by atoms with Crippen molar-refractivity contribution in [2.75, 3.05) is 31.6 Å². The van der Waals surface area contributed by atoms with Gasteiger partial charge in [0.15, 0.2) is 0 Å². The zero-order valence-corrected chi connectivity index (χ0v) is 12.7. The van der Waals surface area contributed by atoms with Crippen molar-refractivity contribution in [3.63, 3.8) is 0 Å². The minimum atomic E-state index is -0.00990. The Morgan fingerprint density at radius 2 is 2.05 bits per heavy atom. The van der Waals surface area contributed by atoms with Gasteiger partial charge in [-0.3, -0.25) is 0 Å². The molecule has 0 aromatic heterocycles. The molecule has 4 nitrogen and oxygen atoms in total. The summed E-state index contributed by atoms with van der Waals surface area (Å²) in [5.74, 6) is 0.549. The Balaban J connectivity index is 1.75. The second-order valence-electron chi connectivity index (χ2n) is 5.55. The molecule has 1 aromatic carbocycles. The summed E-state index contributed by atoms with van der Waals surface area (Å²) in [7, 11) is 0. The molecule has 1 fully saturated rings. The number of rotatable bonds is 5. The molecule has 1 saturated heterocycles. The van der Waals surface area contributed by atoms with Crippen molar-refractivity contribution in [1.29, 1.82) is 0 Å². The first-order valence-corrected chi connectivity index (χ1v) is 7.50. The van der Waals surface area contributed by atoms with Gasteiger partial charge in [-0.05, 0) is 37.8 Å². The number of hydrogen-bond acceptors (Lipinski definition) is 2. The minimum Gasteiger partial charge on any atom is -0.377 e. The summed E-state index contributed by atoms with van der Waals surface area (Å²) in [4.78, 5) is 14.1. The summed E-state index contributed by atoms with van der Waals surface area (Å²) in [6, 6.07) is 7.85. The molecule has 4 heteroatoms. The molecule has 1 heterocycles. The van der Waals surface area contributed by atoms with Crippen LogP contribution in [0, 0.1) is 12.8 Å². The van der Waals surface area contributed by atoms with Gasteiger partial charge >= 0.3 is 6.03 Å². The lowest BCUT2D eigenvalue weighted by molar-refractivity contribution is 0.0906. The van der Waals surface area contributed by atoms with Crippen molar-refractivity contribution in [3.05, 3.63) is 42.5 Å². The number of nitrogens with zero attached hydrogens (tertiary/aromatic N) is 1. The number of aryl methyl sites for hydroxylation is 1. The van der Waals surface area contributed by atoms with E-state index in [1.165, 1.54) is 5.56 Å². The van der Waals surface area contributed by atoms with Crippen LogP contribution in [0.5, 0.6) is 0 Å². The van der Waals surface area contributed by atoms with E-state index in [0.29, 0.717) is 12.5 Å². The van der Waals surface area contributed by atoms with E-state index in [4.69, 9.17) is 4.74 Å². The smallest absolute Gasteiger partial charge is 0.321 e. The number of carbonyl (C=O) groups is 1. The predicted molar refractivity (Wildman–Crippen MR) is 85.5 cm³/mol. The molecule has 0 atom stereocenters. The van der Waals surface area contributed by atoms with Crippen molar-refractivity contribution < 1.29 is 9.53 Å². The Labute approximate surface area is 126 Å². The first kappa shape index (κ1) is 15.6. The maximum Gasteiger partial charge on any atom is 0.321 e. The normalized spacial score (nSPS) is 15.8. The first-order valence-electron chi connectivity index (χ1n) is 7.50. The SMILES string of the molecule is C=CCOCC1CCN(C(=O)Nc2ccc(C)cc2)CC1. The van der Waals surface area contributed by atoms with Crippen LogP contribution in [0.2, 0.25) is 0 Å². The highest BCUT2D eigenvalue weighted by molar-refractivity contribution is 5.89. The number of nitrogens with one attached hydrogen (secondary N) is 1. The molecule has 1 aliphatic heterocycles. The minimum absolute atomic E-state index is 0.00990. The number of anilines is 1. The number of likely N-dealkylation sites (tertiary alicyclic amines) is 1. The summed E-state index contributed by atoms with van der Waals surface area (Å²) in [6.07, 6.45) is 3.76. The molecule has 0 spiro atoms. The number of ether oxygens (including phenoxy) is 1. The average molecular weight is 288 g/mol. The van der Waals surface area contributed by atoms with E-state index in [-0.39, 0.29) is 6.03 Å². The molecular weight excluding hydrogens is 264 g/mol. The van der Waals surface area contributed by atoms with Crippen molar-refractivity contribution in [2.45, 2.75) is 19.8 Å². The van der Waals surface area contributed by atoms with E-state index in [1.807, 2.05) is 36.1 Å². The highest BCUT2D eigenvalue weighted by atomic mass is 16.5. The van der Waals surface area contributed by atoms with Gasteiger partial charge in [-0.25, -0.2) is 4.79 Å². The highest BCUT2D eigenvalue weighted by Gasteiger charge is 2.22. The second-order valence-corrected chi connectivity index (χ2v) is 5.55. The van der Waals surface area contributed by atoms with Gasteiger partial charge in [-0.15, -0.1) is 6.58 Å². The van der Waals surface area contributed by atoms with E-state index in [2.05, 4.69) is 11.9 Å². The number of piperidine rings is 1. The van der Waals surface area contributed by atoms with Crippen molar-refractivity contribution in [1.82, 2.24) is 4.90 Å². The lowest BCUT2D eigenvalue weighted by atomic mass is 9.98. The van der Waals surface area contributed by atoms with Crippen LogP contribution in [0.25, 0.3) is 0 Å². The molecule has 2 amide bonds. The van der Waals surface area contributed by atoms with Crippen LogP contribution in [-0.4, -0.2) is 37.2 Å². The van der Waals surface area contributed by atoms with Crippen LogP contribution in [-0.2, 0) is 4.74 Å². The standard InChI is InChI=1S/C17H24N2O2/c1-3-12-21-13-15-8-10-19(11-9-15)17(20)18-16-6-4-14(2)5-7-16/h3-7,15H,1,8-13H2,2H3,(H,18,20). The van der Waals surface area contributed by atoms with Gasteiger partial charge in [-0.2, -0.15) is 0 Å². The molecule has 0 aliphatic carbocycles. The van der Waals surface area contributed by atoms with Gasteiger partial charge in [-0.1, -0.05) is 23.8 Å². The van der Waals surface area contributed by atoms with Crippen molar-refractivity contribution in [2.24, 2.45) is 5.92 Å². The molecule has 1 aromatic rings. The van der Waals surface area contributed by atoms with E-state index in [0.717, 1.165) is 38.2 Å². The van der Waals surface area contributed by atoms with Crippen LogP contribution >= 0.6 is 0 Å². The average Bonchev–Trinajstić information content (AvgIpc) is 2.50. The Morgan fingerprint density at radius 3 is 2.67 bits per heavy atom. The van der Waals surface area contributed by atoms with E-state index in [1.54, 1.807) is 6.08 Å². The van der Waals surface area contributed by atoms with Crippen LogP contribution < -0.4 is 5.32 Å². The lowest BCUT2D eigenvalue weighted by Crippen LogP contribution is -2.41. The monoisotopic (exact) mass is 288 g/mol. The zero-order valence-electron chi connectivity index (χ0n) is 12.7. The molecule has 0 saturated carbocycles. The quantitative estimate of drug-likeness (QED) is 0.666. The third-order valence-electron chi connectivity index (χ3n) is 3.79. The maximum atomic E-state index is 12.2. The number of hydrogen-bond donors (Lipinski definition) is 1. The van der Waals surface area contributed by atoms with Crippen LogP contribution in [0.1, 0.15) is 18.4 Å². The van der Waals surface area contributed by atoms with Gasteiger partial charge < -0.3 is 15.0 Å². The van der Waals surface area contributed by atoms with Gasteiger partial charge in [0.1, 0.15) is 0 Å². The number of urea groups is 1. The molecule has 114 valence electrons. The van der Waals surface area contributed by atoms with Gasteiger partial charge in [0.05, 0.1) is 6.61 Å². The number of carbonyl (C=O) groups excluding carboxylic acids is 1. The van der Waals surface area contributed by atoms with Crippen LogP contribution in [0.3, 0.4) is 0 Å². The molecule has 0 unspecified atom stereocenters. The molecule has 21 heavy (non-hydrogen) atoms. The molecular formula is C17H24N2O2. The Morgan fingerprint density at radius 1 is 1.38 bits per heavy atom. The summed E-state index contributed by atoms with van der Waals surface area (Å²) in [5, 5.41) is 2.95. The lowest BCUT2D eigenvalue weighted by Gasteiger charge is -2.31. The first-order chi connectivity index (χ1) is 10.2. The number of benzene rings is 1. The fourth-order valence-electron chi connectivity index (χ4n) is 2.46. The third kappa shape index (κ3) is 4.90. The Bertz CT molecular complexity index is 462. The predicted octanol–water partition coefficient (Wildman–Crippen LogP) is 3.44.